The van der Waals surface area contributed by atoms with Gasteiger partial charge in [-0.2, -0.15) is 5.10 Å². The van der Waals surface area contributed by atoms with Crippen LogP contribution in [0.3, 0.4) is 0 Å². The number of anilines is 1. The van der Waals surface area contributed by atoms with Gasteiger partial charge in [0, 0.05) is 24.2 Å². The van der Waals surface area contributed by atoms with E-state index >= 15 is 0 Å². The van der Waals surface area contributed by atoms with Crippen LogP contribution in [-0.4, -0.2) is 14.8 Å². The molecule has 0 fully saturated rings. The zero-order valence-corrected chi connectivity index (χ0v) is 10.4. The number of benzene rings is 1. The molecule has 4 heteroatoms. The maximum absolute atomic E-state index is 6.02. The van der Waals surface area contributed by atoms with Gasteiger partial charge in [0.1, 0.15) is 5.69 Å². The topological polar surface area (TPSA) is 56.7 Å². The van der Waals surface area contributed by atoms with Crippen molar-refractivity contribution in [3.05, 3.63) is 66.6 Å². The van der Waals surface area contributed by atoms with Crippen molar-refractivity contribution in [3.8, 4) is 11.3 Å². The van der Waals surface area contributed by atoms with Gasteiger partial charge in [-0.3, -0.25) is 9.67 Å². The molecule has 19 heavy (non-hydrogen) atoms. The predicted molar refractivity (Wildman–Crippen MR) is 75.4 cm³/mol. The molecule has 94 valence electrons. The van der Waals surface area contributed by atoms with E-state index in [4.69, 9.17) is 5.73 Å². The van der Waals surface area contributed by atoms with Crippen LogP contribution in [0.5, 0.6) is 0 Å². The van der Waals surface area contributed by atoms with E-state index in [-0.39, 0.29) is 0 Å². The minimum Gasteiger partial charge on any atom is -0.396 e. The van der Waals surface area contributed by atoms with E-state index in [0.29, 0.717) is 5.69 Å². The number of rotatable bonds is 3. The first-order valence-electron chi connectivity index (χ1n) is 6.10. The monoisotopic (exact) mass is 250 g/mol. The van der Waals surface area contributed by atoms with Gasteiger partial charge < -0.3 is 5.73 Å². The second-order valence-corrected chi connectivity index (χ2v) is 4.35. The molecule has 0 aliphatic rings. The third-order valence-corrected chi connectivity index (χ3v) is 2.93. The van der Waals surface area contributed by atoms with E-state index in [0.717, 1.165) is 17.8 Å². The Hall–Kier alpha value is -2.62. The van der Waals surface area contributed by atoms with Crippen LogP contribution < -0.4 is 5.73 Å². The predicted octanol–water partition coefficient (Wildman–Crippen LogP) is 2.58. The lowest BCUT2D eigenvalue weighted by Crippen LogP contribution is -2.00. The van der Waals surface area contributed by atoms with E-state index in [2.05, 4.69) is 22.2 Å². The number of aromatic nitrogens is 3. The highest BCUT2D eigenvalue weighted by Gasteiger charge is 2.08. The lowest BCUT2D eigenvalue weighted by molar-refractivity contribution is 0.689. The minimum absolute atomic E-state index is 0.683. The molecule has 2 N–H and O–H groups in total. The van der Waals surface area contributed by atoms with Crippen molar-refractivity contribution in [2.24, 2.45) is 0 Å². The fourth-order valence-corrected chi connectivity index (χ4v) is 2.02. The first-order chi connectivity index (χ1) is 9.33. The van der Waals surface area contributed by atoms with Crippen molar-refractivity contribution in [3.63, 3.8) is 0 Å². The summed E-state index contributed by atoms with van der Waals surface area (Å²) in [6, 6.07) is 14.0. The van der Waals surface area contributed by atoms with Crippen LogP contribution in [-0.2, 0) is 6.54 Å². The molecule has 0 unspecified atom stereocenters. The van der Waals surface area contributed by atoms with Gasteiger partial charge in [-0.05, 0) is 17.7 Å². The summed E-state index contributed by atoms with van der Waals surface area (Å²) in [6.07, 6.45) is 5.35. The number of nitrogens with two attached hydrogens (primary N) is 1. The van der Waals surface area contributed by atoms with Gasteiger partial charge in [-0.1, -0.05) is 30.3 Å². The van der Waals surface area contributed by atoms with Crippen molar-refractivity contribution in [2.45, 2.75) is 6.54 Å². The van der Waals surface area contributed by atoms with Crippen LogP contribution >= 0.6 is 0 Å². The zero-order valence-electron chi connectivity index (χ0n) is 10.4. The van der Waals surface area contributed by atoms with Crippen LogP contribution in [0, 0.1) is 0 Å². The van der Waals surface area contributed by atoms with Crippen LogP contribution in [0.15, 0.2) is 61.1 Å². The second-order valence-electron chi connectivity index (χ2n) is 4.35. The molecule has 0 aliphatic heterocycles. The maximum atomic E-state index is 6.02. The molecule has 0 saturated carbocycles. The molecule has 4 nitrogen and oxygen atoms in total. The smallest absolute Gasteiger partial charge is 0.115 e. The van der Waals surface area contributed by atoms with Gasteiger partial charge in [-0.15, -0.1) is 0 Å². The highest BCUT2D eigenvalue weighted by Crippen LogP contribution is 2.23. The van der Waals surface area contributed by atoms with Crippen molar-refractivity contribution in [2.75, 3.05) is 5.73 Å². The zero-order chi connectivity index (χ0) is 13.1. The van der Waals surface area contributed by atoms with E-state index in [1.165, 1.54) is 5.56 Å². The van der Waals surface area contributed by atoms with Gasteiger partial charge in [0.2, 0.25) is 0 Å². The third-order valence-electron chi connectivity index (χ3n) is 2.93. The molecule has 0 amide bonds. The summed E-state index contributed by atoms with van der Waals surface area (Å²) >= 11 is 0. The number of pyridine rings is 1. The van der Waals surface area contributed by atoms with E-state index in [9.17, 15) is 0 Å². The Kier molecular flexibility index (Phi) is 2.98. The van der Waals surface area contributed by atoms with E-state index in [1.54, 1.807) is 12.4 Å². The van der Waals surface area contributed by atoms with Crippen molar-refractivity contribution >= 4 is 5.69 Å². The Bertz CT molecular complexity index is 659. The number of nitrogens with zero attached hydrogens (tertiary/aromatic N) is 3. The highest BCUT2D eigenvalue weighted by atomic mass is 15.3. The fraction of sp³-hybridized carbons (Fsp3) is 0.0667. The quantitative estimate of drug-likeness (QED) is 0.777. The molecule has 0 aliphatic carbocycles. The molecule has 0 spiro atoms. The van der Waals surface area contributed by atoms with E-state index < -0.39 is 0 Å². The lowest BCUT2D eigenvalue weighted by atomic mass is 10.2. The van der Waals surface area contributed by atoms with Crippen LogP contribution in [0.4, 0.5) is 5.69 Å². The fourth-order valence-electron chi connectivity index (χ4n) is 2.02. The number of nitrogen functional groups attached to an aromatic ring is 1. The average Bonchev–Trinajstić information content (AvgIpc) is 2.82. The molecule has 0 atom stereocenters. The second kappa shape index (κ2) is 4.94. The minimum atomic E-state index is 0.683. The maximum Gasteiger partial charge on any atom is 0.115 e. The Labute approximate surface area is 111 Å². The Morgan fingerprint density at radius 3 is 2.47 bits per heavy atom. The first-order valence-corrected chi connectivity index (χ1v) is 6.10. The largest absolute Gasteiger partial charge is 0.396 e. The van der Waals surface area contributed by atoms with Crippen molar-refractivity contribution < 1.29 is 0 Å². The molecule has 3 aromatic rings. The molecular weight excluding hydrogens is 236 g/mol. The van der Waals surface area contributed by atoms with Crippen LogP contribution in [0.25, 0.3) is 11.3 Å². The molecule has 0 radical (unpaired) electrons. The van der Waals surface area contributed by atoms with Gasteiger partial charge in [0.15, 0.2) is 0 Å². The highest BCUT2D eigenvalue weighted by molar-refractivity contribution is 5.71. The lowest BCUT2D eigenvalue weighted by Gasteiger charge is -2.01. The first kappa shape index (κ1) is 11.5. The average molecular weight is 250 g/mol. The summed E-state index contributed by atoms with van der Waals surface area (Å²) in [7, 11) is 0. The number of hydrogen-bond donors (Lipinski definition) is 1. The molecule has 3 rings (SSSR count). The van der Waals surface area contributed by atoms with Gasteiger partial charge in [-0.25, -0.2) is 0 Å². The SMILES string of the molecule is Nc1cn(Cc2ccccc2)nc1-c1ccncc1. The Morgan fingerprint density at radius 1 is 1.00 bits per heavy atom. The molecule has 0 bridgehead atoms. The summed E-state index contributed by atoms with van der Waals surface area (Å²) in [5, 5.41) is 4.54. The van der Waals surface area contributed by atoms with Crippen molar-refractivity contribution in [1.29, 1.82) is 0 Å². The van der Waals surface area contributed by atoms with Crippen LogP contribution in [0.2, 0.25) is 0 Å². The molecule has 0 saturated heterocycles. The van der Waals surface area contributed by atoms with Gasteiger partial charge >= 0.3 is 0 Å². The summed E-state index contributed by atoms with van der Waals surface area (Å²) in [6.45, 7) is 0.718. The standard InChI is InChI=1S/C15H14N4/c16-14-11-19(10-12-4-2-1-3-5-12)18-15(14)13-6-8-17-9-7-13/h1-9,11H,10,16H2. The normalized spacial score (nSPS) is 10.5. The summed E-state index contributed by atoms with van der Waals surface area (Å²) in [5.74, 6) is 0. The van der Waals surface area contributed by atoms with Crippen molar-refractivity contribution in [1.82, 2.24) is 14.8 Å². The molecule has 1 aromatic carbocycles. The third kappa shape index (κ3) is 2.47. The Balaban J connectivity index is 1.90. The number of hydrogen-bond acceptors (Lipinski definition) is 3. The van der Waals surface area contributed by atoms with Crippen LogP contribution in [0.1, 0.15) is 5.56 Å². The summed E-state index contributed by atoms with van der Waals surface area (Å²) in [5.41, 5.74) is 9.70. The van der Waals surface area contributed by atoms with Gasteiger partial charge in [0.05, 0.1) is 12.2 Å². The summed E-state index contributed by atoms with van der Waals surface area (Å²) in [4.78, 5) is 4.00. The van der Waals surface area contributed by atoms with E-state index in [1.807, 2.05) is 41.2 Å². The summed E-state index contributed by atoms with van der Waals surface area (Å²) < 4.78 is 1.86. The molecule has 2 aromatic heterocycles. The molecule has 2 heterocycles. The Morgan fingerprint density at radius 2 is 1.74 bits per heavy atom. The molecular formula is C15H14N4. The van der Waals surface area contributed by atoms with Gasteiger partial charge in [0.25, 0.3) is 0 Å².